The minimum absolute atomic E-state index is 0.00955. The summed E-state index contributed by atoms with van der Waals surface area (Å²) < 4.78 is 32.8. The summed E-state index contributed by atoms with van der Waals surface area (Å²) in [5.41, 5.74) is 8.47. The molecule has 2 atom stereocenters. The normalized spacial score (nSPS) is 22.5. The summed E-state index contributed by atoms with van der Waals surface area (Å²) in [7, 11) is 0. The molecule has 7 heteroatoms. The highest BCUT2D eigenvalue weighted by atomic mass is 19.2. The van der Waals surface area contributed by atoms with Crippen LogP contribution >= 0.6 is 0 Å². The van der Waals surface area contributed by atoms with Crippen molar-refractivity contribution >= 4 is 17.2 Å². The summed E-state index contributed by atoms with van der Waals surface area (Å²) in [6, 6.07) is 8.91. The van der Waals surface area contributed by atoms with Crippen molar-refractivity contribution in [1.29, 1.82) is 0 Å². The largest absolute Gasteiger partial charge is 0.490 e. The van der Waals surface area contributed by atoms with E-state index in [0.29, 0.717) is 28.3 Å². The van der Waals surface area contributed by atoms with Crippen LogP contribution in [0.25, 0.3) is 0 Å². The van der Waals surface area contributed by atoms with Gasteiger partial charge >= 0.3 is 0 Å². The van der Waals surface area contributed by atoms with Crippen LogP contribution < -0.4 is 20.8 Å². The molecule has 0 spiro atoms. The summed E-state index contributed by atoms with van der Waals surface area (Å²) in [5.74, 6) is 1.23. The third-order valence-electron chi connectivity index (χ3n) is 4.70. The molecule has 5 nitrogen and oxygen atoms in total. The van der Waals surface area contributed by atoms with Gasteiger partial charge in [0.2, 0.25) is 5.71 Å². The van der Waals surface area contributed by atoms with Gasteiger partial charge in [-0.2, -0.15) is 0 Å². The van der Waals surface area contributed by atoms with Crippen LogP contribution in [0.1, 0.15) is 24.0 Å². The number of pyridine rings is 1. The van der Waals surface area contributed by atoms with Crippen molar-refractivity contribution in [2.75, 3.05) is 23.7 Å². The molecule has 2 aliphatic rings. The molecule has 1 aromatic heterocycles. The maximum absolute atomic E-state index is 13.5. The number of hydrogen-bond acceptors (Lipinski definition) is 4. The SMILES string of the molecule is Nc1ccc(OC2CC2)cc1C(=[NH2+])c1ccnc(N2C[C@H](F)[C@@H](F)C2)c1. The minimum atomic E-state index is -1.49. The maximum Gasteiger partial charge on any atom is 0.213 e. The summed E-state index contributed by atoms with van der Waals surface area (Å²) in [6.45, 7) is -0.0191. The third kappa shape index (κ3) is 3.34. The Morgan fingerprint density at radius 3 is 2.58 bits per heavy atom. The van der Waals surface area contributed by atoms with E-state index in [1.165, 1.54) is 0 Å². The molecule has 1 aliphatic heterocycles. The topological polar surface area (TPSA) is 77.0 Å². The molecule has 2 heterocycles. The fourth-order valence-electron chi connectivity index (χ4n) is 3.05. The number of rotatable bonds is 5. The standard InChI is InChI=1S/C19H20F2N4O/c20-15-9-25(10-16(15)21)18-7-11(5-6-24-18)19(23)14-8-13(3-4-17(14)22)26-12-1-2-12/h3-8,12,15-16,23H,1-2,9-10,22H2/p+1/t15-,16-/m0/s1. The molecule has 4 rings (SSSR count). The molecule has 26 heavy (non-hydrogen) atoms. The van der Waals surface area contributed by atoms with Crippen molar-refractivity contribution in [3.05, 3.63) is 47.7 Å². The predicted octanol–water partition coefficient (Wildman–Crippen LogP) is 1.30. The molecule has 0 radical (unpaired) electrons. The van der Waals surface area contributed by atoms with E-state index in [-0.39, 0.29) is 19.2 Å². The Kier molecular flexibility index (Phi) is 4.22. The second-order valence-electron chi connectivity index (χ2n) is 6.82. The van der Waals surface area contributed by atoms with Crippen LogP contribution in [0.15, 0.2) is 36.5 Å². The molecule has 2 fully saturated rings. The average molecular weight is 359 g/mol. The monoisotopic (exact) mass is 359 g/mol. The highest BCUT2D eigenvalue weighted by molar-refractivity contribution is 6.12. The fraction of sp³-hybridized carbons (Fsp3) is 0.368. The van der Waals surface area contributed by atoms with Crippen LogP contribution in [0.3, 0.4) is 0 Å². The zero-order chi connectivity index (χ0) is 18.3. The molecular formula is C19H21F2N4O+. The Hall–Kier alpha value is -2.70. The van der Waals surface area contributed by atoms with E-state index in [1.54, 1.807) is 29.3 Å². The van der Waals surface area contributed by atoms with Gasteiger partial charge in [-0.25, -0.2) is 13.8 Å². The van der Waals surface area contributed by atoms with Crippen molar-refractivity contribution in [3.8, 4) is 5.75 Å². The van der Waals surface area contributed by atoms with Crippen molar-refractivity contribution in [1.82, 2.24) is 4.98 Å². The van der Waals surface area contributed by atoms with Crippen molar-refractivity contribution in [2.24, 2.45) is 0 Å². The quantitative estimate of drug-likeness (QED) is 0.623. The first kappa shape index (κ1) is 16.8. The lowest BCUT2D eigenvalue weighted by atomic mass is 10.0. The second-order valence-corrected chi connectivity index (χ2v) is 6.82. The lowest BCUT2D eigenvalue weighted by Crippen LogP contribution is -2.41. The molecule has 1 saturated heterocycles. The Labute approximate surface area is 150 Å². The van der Waals surface area contributed by atoms with E-state index >= 15 is 0 Å². The van der Waals surface area contributed by atoms with Gasteiger partial charge in [-0.15, -0.1) is 0 Å². The number of alkyl halides is 2. The van der Waals surface area contributed by atoms with Gasteiger partial charge in [0.25, 0.3) is 0 Å². The number of nitrogens with zero attached hydrogens (tertiary/aromatic N) is 2. The van der Waals surface area contributed by atoms with Gasteiger partial charge in [-0.1, -0.05) is 0 Å². The van der Waals surface area contributed by atoms with Crippen molar-refractivity contribution in [3.63, 3.8) is 0 Å². The molecule has 4 N–H and O–H groups in total. The lowest BCUT2D eigenvalue weighted by molar-refractivity contribution is -0.111. The van der Waals surface area contributed by atoms with Gasteiger partial charge in [0, 0.05) is 11.9 Å². The second kappa shape index (κ2) is 6.55. The third-order valence-corrected chi connectivity index (χ3v) is 4.70. The van der Waals surface area contributed by atoms with Gasteiger partial charge in [0.1, 0.15) is 11.6 Å². The zero-order valence-corrected chi connectivity index (χ0v) is 14.2. The van der Waals surface area contributed by atoms with Gasteiger partial charge in [-0.3, -0.25) is 5.41 Å². The van der Waals surface area contributed by atoms with Crippen LogP contribution in [-0.2, 0) is 0 Å². The van der Waals surface area contributed by atoms with Gasteiger partial charge in [0.05, 0.1) is 30.3 Å². The van der Waals surface area contributed by atoms with E-state index in [2.05, 4.69) is 4.98 Å². The molecule has 0 amide bonds. The Balaban J connectivity index is 1.59. The average Bonchev–Trinajstić information content (AvgIpc) is 3.39. The molecule has 2 aromatic rings. The molecule has 0 unspecified atom stereocenters. The van der Waals surface area contributed by atoms with E-state index in [0.717, 1.165) is 18.6 Å². The van der Waals surface area contributed by atoms with Crippen LogP contribution in [0.5, 0.6) is 5.75 Å². The first-order valence-corrected chi connectivity index (χ1v) is 8.70. The Bertz CT molecular complexity index is 830. The number of halogens is 2. The highest BCUT2D eigenvalue weighted by Crippen LogP contribution is 2.30. The fourth-order valence-corrected chi connectivity index (χ4v) is 3.05. The number of anilines is 2. The van der Waals surface area contributed by atoms with E-state index in [1.807, 2.05) is 12.1 Å². The first-order chi connectivity index (χ1) is 12.5. The molecule has 1 aromatic carbocycles. The van der Waals surface area contributed by atoms with E-state index in [4.69, 9.17) is 15.9 Å². The number of hydrogen-bond donors (Lipinski definition) is 2. The Morgan fingerprint density at radius 2 is 1.88 bits per heavy atom. The highest BCUT2D eigenvalue weighted by Gasteiger charge is 2.33. The number of nitrogen functional groups attached to an aromatic ring is 1. The number of benzene rings is 1. The maximum atomic E-state index is 13.5. The molecule has 0 bridgehead atoms. The molecular weight excluding hydrogens is 338 g/mol. The lowest BCUT2D eigenvalue weighted by Gasteiger charge is -2.16. The zero-order valence-electron chi connectivity index (χ0n) is 14.2. The summed E-state index contributed by atoms with van der Waals surface area (Å²) in [5, 5.41) is 6.34. The number of aromatic nitrogens is 1. The van der Waals surface area contributed by atoms with Crippen LogP contribution in [0, 0.1) is 0 Å². The van der Waals surface area contributed by atoms with E-state index in [9.17, 15) is 8.78 Å². The van der Waals surface area contributed by atoms with Crippen LogP contribution in [-0.4, -0.2) is 42.2 Å². The van der Waals surface area contributed by atoms with Crippen molar-refractivity contribution in [2.45, 2.75) is 31.3 Å². The summed E-state index contributed by atoms with van der Waals surface area (Å²) >= 11 is 0. The first-order valence-electron chi connectivity index (χ1n) is 8.70. The minimum Gasteiger partial charge on any atom is -0.490 e. The van der Waals surface area contributed by atoms with Gasteiger partial charge < -0.3 is 15.4 Å². The predicted molar refractivity (Wildman–Crippen MR) is 95.9 cm³/mol. The van der Waals surface area contributed by atoms with E-state index < -0.39 is 12.3 Å². The van der Waals surface area contributed by atoms with Crippen LogP contribution in [0.2, 0.25) is 0 Å². The van der Waals surface area contributed by atoms with Crippen molar-refractivity contribution < 1.29 is 18.9 Å². The molecule has 1 saturated carbocycles. The Morgan fingerprint density at radius 1 is 1.15 bits per heavy atom. The number of nitrogens with two attached hydrogens (primary N) is 2. The molecule has 1 aliphatic carbocycles. The summed E-state index contributed by atoms with van der Waals surface area (Å²) in [4.78, 5) is 5.81. The summed E-state index contributed by atoms with van der Waals surface area (Å²) in [6.07, 6.45) is 0.998. The molecule has 136 valence electrons. The smallest absolute Gasteiger partial charge is 0.213 e. The van der Waals surface area contributed by atoms with Crippen LogP contribution in [0.4, 0.5) is 20.3 Å². The van der Waals surface area contributed by atoms with Gasteiger partial charge in [-0.05, 0) is 43.2 Å². The number of ether oxygens (including phenoxy) is 1. The van der Waals surface area contributed by atoms with Gasteiger partial charge in [0.15, 0.2) is 12.3 Å².